The van der Waals surface area contributed by atoms with E-state index in [4.69, 9.17) is 0 Å². The first-order valence-electron chi connectivity index (χ1n) is 9.69. The summed E-state index contributed by atoms with van der Waals surface area (Å²) >= 11 is 0. The van der Waals surface area contributed by atoms with Crippen molar-refractivity contribution in [2.75, 3.05) is 17.3 Å². The van der Waals surface area contributed by atoms with E-state index in [9.17, 15) is 12.6 Å². The maximum Gasteiger partial charge on any atom is 0.179 e. The molecule has 0 bridgehead atoms. The third kappa shape index (κ3) is 10.8. The highest BCUT2D eigenvalue weighted by atomic mass is 32.2. The quantitative estimate of drug-likeness (QED) is 0.393. The largest absolute Gasteiger partial charge is 0.260 e. The Morgan fingerprint density at radius 3 is 1.84 bits per heavy atom. The predicted molar refractivity (Wildman–Crippen MR) is 108 cm³/mol. The molecule has 0 saturated heterocycles. The van der Waals surface area contributed by atoms with Crippen LogP contribution in [0, 0.1) is 0 Å². The van der Waals surface area contributed by atoms with E-state index in [0.29, 0.717) is 10.6 Å². The maximum absolute atomic E-state index is 12.1. The number of unbranched alkanes of at least 4 members (excludes halogenated alkanes) is 9. The molecule has 1 aromatic carbocycles. The fraction of sp³-hybridized carbons (Fsp3) is 0.700. The molecule has 5 heteroatoms. The van der Waals surface area contributed by atoms with E-state index >= 15 is 0 Å². The Balaban J connectivity index is 2.04. The Morgan fingerprint density at radius 2 is 1.28 bits per heavy atom. The van der Waals surface area contributed by atoms with Crippen LogP contribution < -0.4 is 0 Å². The summed E-state index contributed by atoms with van der Waals surface area (Å²) in [7, 11) is -4.33. The van der Waals surface area contributed by atoms with Gasteiger partial charge in [-0.25, -0.2) is 8.42 Å². The summed E-state index contributed by atoms with van der Waals surface area (Å²) in [5.41, 5.74) is 0. The highest BCUT2D eigenvalue weighted by Crippen LogP contribution is 2.12. The lowest BCUT2D eigenvalue weighted by Gasteiger charge is -2.05. The molecule has 0 aromatic heterocycles. The molecule has 0 N–H and O–H groups in total. The summed E-state index contributed by atoms with van der Waals surface area (Å²) < 4.78 is 36.3. The predicted octanol–water partition coefficient (Wildman–Crippen LogP) is 5.13. The van der Waals surface area contributed by atoms with E-state index in [-0.39, 0.29) is 11.5 Å². The molecular weight excluding hydrogens is 352 g/mol. The zero-order valence-electron chi connectivity index (χ0n) is 15.6. The molecule has 3 nitrogen and oxygen atoms in total. The van der Waals surface area contributed by atoms with Crippen LogP contribution in [-0.4, -0.2) is 29.9 Å². The molecule has 0 aliphatic heterocycles. The van der Waals surface area contributed by atoms with Gasteiger partial charge in [0.2, 0.25) is 0 Å². The third-order valence-corrected chi connectivity index (χ3v) is 7.80. The molecule has 0 aliphatic rings. The topological polar surface area (TPSA) is 51.2 Å². The van der Waals surface area contributed by atoms with Gasteiger partial charge in [-0.15, -0.1) is 0 Å². The van der Waals surface area contributed by atoms with Crippen LogP contribution in [-0.2, 0) is 20.6 Å². The van der Waals surface area contributed by atoms with E-state index in [1.807, 2.05) is 0 Å². The van der Waals surface area contributed by atoms with Crippen molar-refractivity contribution in [2.24, 2.45) is 0 Å². The van der Waals surface area contributed by atoms with Gasteiger partial charge in [-0.05, 0) is 18.6 Å². The number of rotatable bonds is 15. The molecule has 0 heterocycles. The first-order valence-corrected chi connectivity index (χ1v) is 12.8. The number of hydrogen-bond donors (Lipinski definition) is 0. The summed E-state index contributed by atoms with van der Waals surface area (Å²) in [4.78, 5) is 0.325. The van der Waals surface area contributed by atoms with Gasteiger partial charge in [0.05, 0.1) is 10.6 Å². The van der Waals surface area contributed by atoms with E-state index in [0.717, 1.165) is 12.8 Å². The molecule has 0 fully saturated rings. The second kappa shape index (κ2) is 13.5. The lowest BCUT2D eigenvalue weighted by atomic mass is 10.1. The Labute approximate surface area is 157 Å². The van der Waals surface area contributed by atoms with Gasteiger partial charge >= 0.3 is 0 Å². The van der Waals surface area contributed by atoms with E-state index < -0.39 is 20.6 Å². The normalized spacial score (nSPS) is 13.0. The zero-order chi connectivity index (χ0) is 18.4. The molecular formula is C20H34O3S2. The van der Waals surface area contributed by atoms with E-state index in [1.54, 1.807) is 30.3 Å². The minimum atomic E-state index is -3.30. The minimum Gasteiger partial charge on any atom is -0.260 e. The van der Waals surface area contributed by atoms with Gasteiger partial charge in [0.15, 0.2) is 9.84 Å². The molecule has 0 saturated carbocycles. The average Bonchev–Trinajstić information content (AvgIpc) is 2.62. The number of hydrogen-bond acceptors (Lipinski definition) is 3. The van der Waals surface area contributed by atoms with Crippen molar-refractivity contribution >= 4 is 20.6 Å². The monoisotopic (exact) mass is 386 g/mol. The van der Waals surface area contributed by atoms with Gasteiger partial charge in [0.25, 0.3) is 0 Å². The Hall–Kier alpha value is -0.680. The van der Waals surface area contributed by atoms with E-state index in [2.05, 4.69) is 6.92 Å². The Kier molecular flexibility index (Phi) is 12.1. The summed E-state index contributed by atoms with van der Waals surface area (Å²) in [5.74, 6) is 0.844. The molecule has 1 rings (SSSR count). The molecule has 0 spiro atoms. The van der Waals surface area contributed by atoms with Gasteiger partial charge in [-0.1, -0.05) is 82.9 Å². The van der Waals surface area contributed by atoms with Crippen molar-refractivity contribution in [1.82, 2.24) is 0 Å². The molecule has 25 heavy (non-hydrogen) atoms. The molecule has 0 aliphatic carbocycles. The van der Waals surface area contributed by atoms with Crippen molar-refractivity contribution in [3.05, 3.63) is 30.3 Å². The second-order valence-electron chi connectivity index (χ2n) is 6.66. The first-order chi connectivity index (χ1) is 12.1. The van der Waals surface area contributed by atoms with Crippen LogP contribution in [0.25, 0.3) is 0 Å². The molecule has 0 radical (unpaired) electrons. The zero-order valence-corrected chi connectivity index (χ0v) is 17.3. The van der Waals surface area contributed by atoms with Gasteiger partial charge in [0.1, 0.15) is 0 Å². The van der Waals surface area contributed by atoms with Crippen molar-refractivity contribution in [3.63, 3.8) is 0 Å². The van der Waals surface area contributed by atoms with E-state index in [1.165, 1.54) is 51.4 Å². The summed E-state index contributed by atoms with van der Waals surface area (Å²) in [6.07, 6.45) is 12.5. The second-order valence-corrected chi connectivity index (χ2v) is 10.5. The van der Waals surface area contributed by atoms with Crippen LogP contribution >= 0.6 is 0 Å². The highest BCUT2D eigenvalue weighted by molar-refractivity contribution is 7.93. The van der Waals surface area contributed by atoms with Crippen LogP contribution in [0.2, 0.25) is 0 Å². The van der Waals surface area contributed by atoms with Crippen LogP contribution in [0.4, 0.5) is 0 Å². The van der Waals surface area contributed by atoms with Gasteiger partial charge < -0.3 is 0 Å². The van der Waals surface area contributed by atoms with Crippen molar-refractivity contribution in [2.45, 2.75) is 76.0 Å². The van der Waals surface area contributed by atoms with Crippen LogP contribution in [0.1, 0.15) is 71.1 Å². The fourth-order valence-corrected chi connectivity index (χ4v) is 5.96. The third-order valence-electron chi connectivity index (χ3n) is 4.41. The van der Waals surface area contributed by atoms with Crippen molar-refractivity contribution < 1.29 is 12.6 Å². The standard InChI is InChI=1S/C20H34O3S2/c1-2-3-4-5-6-7-8-9-10-14-17-24(21)18-19-25(22,23)20-15-12-11-13-16-20/h11-13,15-16H,2-10,14,17-19H2,1H3. The lowest BCUT2D eigenvalue weighted by Crippen LogP contribution is -2.15. The molecule has 1 atom stereocenters. The number of benzene rings is 1. The summed E-state index contributed by atoms with van der Waals surface area (Å²) in [6, 6.07) is 8.42. The molecule has 144 valence electrons. The fourth-order valence-electron chi connectivity index (χ4n) is 2.80. The Morgan fingerprint density at radius 1 is 0.760 bits per heavy atom. The number of sulfone groups is 1. The minimum absolute atomic E-state index is 0.0264. The lowest BCUT2D eigenvalue weighted by molar-refractivity contribution is 0.562. The van der Waals surface area contributed by atoms with Gasteiger partial charge in [0, 0.05) is 22.3 Å². The first kappa shape index (κ1) is 22.4. The maximum atomic E-state index is 12.1. The van der Waals surface area contributed by atoms with Crippen molar-refractivity contribution in [1.29, 1.82) is 0 Å². The van der Waals surface area contributed by atoms with Crippen LogP contribution in [0.3, 0.4) is 0 Å². The summed E-state index contributed by atoms with van der Waals surface area (Å²) in [5, 5.41) is 0. The summed E-state index contributed by atoms with van der Waals surface area (Å²) in [6.45, 7) is 2.24. The van der Waals surface area contributed by atoms with Crippen LogP contribution in [0.15, 0.2) is 35.2 Å². The van der Waals surface area contributed by atoms with Crippen LogP contribution in [0.5, 0.6) is 0 Å². The van der Waals surface area contributed by atoms with Gasteiger partial charge in [-0.3, -0.25) is 4.21 Å². The van der Waals surface area contributed by atoms with Gasteiger partial charge in [-0.2, -0.15) is 0 Å². The highest BCUT2D eigenvalue weighted by Gasteiger charge is 2.15. The SMILES string of the molecule is CCCCCCCCCCCCS(=O)CCS(=O)(=O)c1ccccc1. The smallest absolute Gasteiger partial charge is 0.179 e. The molecule has 1 aromatic rings. The molecule has 0 amide bonds. The average molecular weight is 387 g/mol. The molecule has 1 unspecified atom stereocenters. The van der Waals surface area contributed by atoms with Crippen molar-refractivity contribution in [3.8, 4) is 0 Å². The Bertz CT molecular complexity index is 568.